The molecule has 0 atom stereocenters. The lowest BCUT2D eigenvalue weighted by molar-refractivity contribution is -0.121. The number of alkyl halides is 4. The SMILES string of the molecule is O=S(=O)(NCC(F)(F)F)c1ccc(CBr)cc1. The molecule has 0 unspecified atom stereocenters. The number of nitrogens with one attached hydrogen (secondary N) is 1. The van der Waals surface area contributed by atoms with Gasteiger partial charge in [0.25, 0.3) is 0 Å². The molecule has 1 aromatic carbocycles. The highest BCUT2D eigenvalue weighted by molar-refractivity contribution is 9.08. The zero-order chi connectivity index (χ0) is 13.1. The van der Waals surface area contributed by atoms with Crippen LogP contribution < -0.4 is 4.72 Å². The number of rotatable bonds is 4. The van der Waals surface area contributed by atoms with E-state index in [9.17, 15) is 21.6 Å². The largest absolute Gasteiger partial charge is 0.402 e. The van der Waals surface area contributed by atoms with E-state index < -0.39 is 22.7 Å². The molecule has 0 aliphatic heterocycles. The van der Waals surface area contributed by atoms with E-state index in [4.69, 9.17) is 0 Å². The Morgan fingerprint density at radius 1 is 1.18 bits per heavy atom. The Morgan fingerprint density at radius 3 is 2.12 bits per heavy atom. The number of hydrogen-bond acceptors (Lipinski definition) is 2. The van der Waals surface area contributed by atoms with Crippen LogP contribution in [0.1, 0.15) is 5.56 Å². The minimum atomic E-state index is -4.57. The highest BCUT2D eigenvalue weighted by atomic mass is 79.9. The van der Waals surface area contributed by atoms with Crippen LogP contribution in [0.4, 0.5) is 13.2 Å². The summed E-state index contributed by atoms with van der Waals surface area (Å²) in [6.45, 7) is -1.57. The molecule has 0 amide bonds. The van der Waals surface area contributed by atoms with Gasteiger partial charge in [0.2, 0.25) is 10.0 Å². The van der Waals surface area contributed by atoms with E-state index >= 15 is 0 Å². The van der Waals surface area contributed by atoms with Crippen LogP contribution in [0.3, 0.4) is 0 Å². The molecule has 1 rings (SSSR count). The molecule has 17 heavy (non-hydrogen) atoms. The van der Waals surface area contributed by atoms with Gasteiger partial charge in [0.15, 0.2) is 0 Å². The van der Waals surface area contributed by atoms with Crippen molar-refractivity contribution < 1.29 is 21.6 Å². The molecule has 0 heterocycles. The maximum Gasteiger partial charge on any atom is 0.402 e. The first kappa shape index (κ1) is 14.5. The van der Waals surface area contributed by atoms with E-state index in [-0.39, 0.29) is 4.90 Å². The van der Waals surface area contributed by atoms with E-state index in [1.54, 1.807) is 0 Å². The molecule has 0 fully saturated rings. The summed E-state index contributed by atoms with van der Waals surface area (Å²) in [5.74, 6) is 0. The lowest BCUT2D eigenvalue weighted by Gasteiger charge is -2.09. The quantitative estimate of drug-likeness (QED) is 0.861. The topological polar surface area (TPSA) is 46.2 Å². The van der Waals surface area contributed by atoms with Crippen LogP contribution in [0.2, 0.25) is 0 Å². The minimum Gasteiger partial charge on any atom is -0.207 e. The molecule has 0 saturated carbocycles. The molecule has 96 valence electrons. The first-order valence-corrected chi connectivity index (χ1v) is 7.06. The molecule has 0 aliphatic rings. The maximum absolute atomic E-state index is 11.9. The number of benzene rings is 1. The third kappa shape index (κ3) is 4.64. The summed E-state index contributed by atoms with van der Waals surface area (Å²) in [4.78, 5) is -0.188. The van der Waals surface area contributed by atoms with E-state index in [0.29, 0.717) is 5.33 Å². The first-order chi connectivity index (χ1) is 7.74. The predicted molar refractivity (Wildman–Crippen MR) is 60.3 cm³/mol. The highest BCUT2D eigenvalue weighted by Crippen LogP contribution is 2.16. The van der Waals surface area contributed by atoms with Crippen LogP contribution in [-0.2, 0) is 15.4 Å². The van der Waals surface area contributed by atoms with Crippen molar-refractivity contribution in [1.29, 1.82) is 0 Å². The van der Waals surface area contributed by atoms with Gasteiger partial charge in [-0.2, -0.15) is 13.2 Å². The Kier molecular flexibility index (Phi) is 4.56. The lowest BCUT2D eigenvalue weighted by atomic mass is 10.2. The fraction of sp³-hybridized carbons (Fsp3) is 0.333. The molecule has 1 aromatic rings. The van der Waals surface area contributed by atoms with E-state index in [2.05, 4.69) is 15.9 Å². The summed E-state index contributed by atoms with van der Waals surface area (Å²) in [5.41, 5.74) is 0.833. The summed E-state index contributed by atoms with van der Waals surface area (Å²) in [5, 5.41) is 0.545. The summed E-state index contributed by atoms with van der Waals surface area (Å²) < 4.78 is 60.1. The van der Waals surface area contributed by atoms with Crippen molar-refractivity contribution in [3.8, 4) is 0 Å². The van der Waals surface area contributed by atoms with Crippen LogP contribution in [0.15, 0.2) is 29.2 Å². The van der Waals surface area contributed by atoms with Crippen molar-refractivity contribution in [3.63, 3.8) is 0 Å². The summed E-state index contributed by atoms with van der Waals surface area (Å²) >= 11 is 3.18. The van der Waals surface area contributed by atoms with Gasteiger partial charge in [-0.05, 0) is 17.7 Å². The van der Waals surface area contributed by atoms with Gasteiger partial charge in [-0.1, -0.05) is 28.1 Å². The summed E-state index contributed by atoms with van der Waals surface area (Å²) in [6.07, 6.45) is -4.57. The Morgan fingerprint density at radius 2 is 1.71 bits per heavy atom. The van der Waals surface area contributed by atoms with Crippen molar-refractivity contribution in [1.82, 2.24) is 4.72 Å². The molecular formula is C9H9BrF3NO2S. The normalized spacial score (nSPS) is 12.7. The molecule has 0 aromatic heterocycles. The average molecular weight is 332 g/mol. The van der Waals surface area contributed by atoms with Gasteiger partial charge in [0.1, 0.15) is 6.54 Å². The Labute approximate surface area is 105 Å². The third-order valence-electron chi connectivity index (χ3n) is 1.85. The highest BCUT2D eigenvalue weighted by Gasteiger charge is 2.29. The van der Waals surface area contributed by atoms with Crippen LogP contribution in [-0.4, -0.2) is 21.1 Å². The van der Waals surface area contributed by atoms with E-state index in [0.717, 1.165) is 5.56 Å². The lowest BCUT2D eigenvalue weighted by Crippen LogP contribution is -2.33. The van der Waals surface area contributed by atoms with Gasteiger partial charge in [0.05, 0.1) is 4.90 Å². The fourth-order valence-corrected chi connectivity index (χ4v) is 2.41. The third-order valence-corrected chi connectivity index (χ3v) is 3.92. The zero-order valence-corrected chi connectivity index (χ0v) is 10.9. The zero-order valence-electron chi connectivity index (χ0n) is 8.46. The Hall–Kier alpha value is -0.600. The first-order valence-electron chi connectivity index (χ1n) is 4.46. The monoisotopic (exact) mass is 331 g/mol. The molecule has 8 heteroatoms. The molecular weight excluding hydrogens is 323 g/mol. The number of sulfonamides is 1. The standard InChI is InChI=1S/C9H9BrF3NO2S/c10-5-7-1-3-8(4-2-7)17(15,16)14-6-9(11,12)13/h1-4,14H,5-6H2. The Bertz CT molecular complexity index is 470. The second-order valence-corrected chi connectivity index (χ2v) is 5.54. The minimum absolute atomic E-state index is 0.188. The summed E-state index contributed by atoms with van der Waals surface area (Å²) in [7, 11) is -4.10. The van der Waals surface area contributed by atoms with Crippen molar-refractivity contribution in [2.45, 2.75) is 16.4 Å². The molecule has 0 spiro atoms. The van der Waals surface area contributed by atoms with Crippen LogP contribution >= 0.6 is 15.9 Å². The molecule has 0 bridgehead atoms. The molecule has 0 aliphatic carbocycles. The number of hydrogen-bond donors (Lipinski definition) is 1. The molecule has 1 N–H and O–H groups in total. The van der Waals surface area contributed by atoms with Crippen molar-refractivity contribution in [3.05, 3.63) is 29.8 Å². The van der Waals surface area contributed by atoms with Gasteiger partial charge in [0, 0.05) is 5.33 Å². The predicted octanol–water partition coefficient (Wildman–Crippen LogP) is 2.42. The second-order valence-electron chi connectivity index (χ2n) is 3.22. The van der Waals surface area contributed by atoms with Gasteiger partial charge in [-0.3, -0.25) is 0 Å². The van der Waals surface area contributed by atoms with E-state index in [1.165, 1.54) is 29.0 Å². The van der Waals surface area contributed by atoms with Crippen LogP contribution in [0, 0.1) is 0 Å². The van der Waals surface area contributed by atoms with Crippen molar-refractivity contribution in [2.75, 3.05) is 6.54 Å². The Balaban J connectivity index is 2.82. The average Bonchev–Trinajstić information content (AvgIpc) is 2.26. The van der Waals surface area contributed by atoms with Crippen molar-refractivity contribution >= 4 is 26.0 Å². The molecule has 3 nitrogen and oxygen atoms in total. The number of halogens is 4. The van der Waals surface area contributed by atoms with Crippen LogP contribution in [0.25, 0.3) is 0 Å². The van der Waals surface area contributed by atoms with Gasteiger partial charge >= 0.3 is 6.18 Å². The molecule has 0 saturated heterocycles. The molecule has 0 radical (unpaired) electrons. The van der Waals surface area contributed by atoms with Gasteiger partial charge in [-0.25, -0.2) is 13.1 Å². The second kappa shape index (κ2) is 5.36. The van der Waals surface area contributed by atoms with Gasteiger partial charge in [-0.15, -0.1) is 0 Å². The fourth-order valence-electron chi connectivity index (χ4n) is 1.02. The van der Waals surface area contributed by atoms with Crippen molar-refractivity contribution in [2.24, 2.45) is 0 Å². The maximum atomic E-state index is 11.9. The van der Waals surface area contributed by atoms with Crippen LogP contribution in [0.5, 0.6) is 0 Å². The van der Waals surface area contributed by atoms with E-state index in [1.807, 2.05) is 0 Å². The van der Waals surface area contributed by atoms with Gasteiger partial charge < -0.3 is 0 Å². The summed E-state index contributed by atoms with van der Waals surface area (Å²) in [6, 6.07) is 5.57. The smallest absolute Gasteiger partial charge is 0.207 e.